The summed E-state index contributed by atoms with van der Waals surface area (Å²) in [5, 5.41) is 0.648. The molecule has 0 aliphatic rings. The molecule has 0 radical (unpaired) electrons. The molecule has 4 nitrogen and oxygen atoms in total. The second-order valence-electron chi connectivity index (χ2n) is 3.47. The van der Waals surface area contributed by atoms with Crippen molar-refractivity contribution in [3.63, 3.8) is 0 Å². The molecule has 1 rings (SSSR count). The van der Waals surface area contributed by atoms with Crippen molar-refractivity contribution in [3.05, 3.63) is 24.4 Å². The molecule has 0 atom stereocenters. The summed E-state index contributed by atoms with van der Waals surface area (Å²) in [5.74, 6) is 0. The van der Waals surface area contributed by atoms with Gasteiger partial charge in [-0.05, 0) is 25.0 Å². The minimum Gasteiger partial charge on any atom is -0.323 e. The fraction of sp³-hybridized carbons (Fsp3) is 0.500. The van der Waals surface area contributed by atoms with Gasteiger partial charge in [-0.3, -0.25) is 4.57 Å². The Bertz CT molecular complexity index is 375. The normalized spacial score (nSPS) is 12.8. The van der Waals surface area contributed by atoms with Crippen molar-refractivity contribution in [2.45, 2.75) is 36.2 Å². The molecule has 0 unspecified atom stereocenters. The summed E-state index contributed by atoms with van der Waals surface area (Å²) in [6.45, 7) is 3.58. The Balaban J connectivity index is 3.01. The van der Waals surface area contributed by atoms with Crippen LogP contribution < -0.4 is 0 Å². The number of thioether (sulfide) groups is 1. The summed E-state index contributed by atoms with van der Waals surface area (Å²) in [6, 6.07) is 5.35. The first kappa shape index (κ1) is 13.7. The molecule has 0 amide bonds. The summed E-state index contributed by atoms with van der Waals surface area (Å²) in [4.78, 5) is 23.0. The minimum atomic E-state index is -4.15. The van der Waals surface area contributed by atoms with Crippen LogP contribution in [0.4, 0.5) is 0 Å². The maximum absolute atomic E-state index is 11.6. The molecule has 0 fully saturated rings. The van der Waals surface area contributed by atoms with E-state index in [1.165, 1.54) is 11.8 Å². The highest BCUT2D eigenvalue weighted by Gasteiger charge is 2.45. The molecule has 1 aromatic rings. The van der Waals surface area contributed by atoms with Crippen molar-refractivity contribution >= 4 is 19.4 Å². The van der Waals surface area contributed by atoms with Crippen LogP contribution in [0.2, 0.25) is 0 Å². The molecule has 6 heteroatoms. The lowest BCUT2D eigenvalue weighted by atomic mass is 10.2. The Labute approximate surface area is 99.7 Å². The summed E-state index contributed by atoms with van der Waals surface area (Å²) >= 11 is 1.17. The summed E-state index contributed by atoms with van der Waals surface area (Å²) in [6.07, 6.45) is 2.45. The average Bonchev–Trinajstić information content (AvgIpc) is 2.25. The third kappa shape index (κ3) is 2.86. The van der Waals surface area contributed by atoms with Crippen molar-refractivity contribution in [2.24, 2.45) is 0 Å². The highest BCUT2D eigenvalue weighted by atomic mass is 32.2. The number of nitrogens with zero attached hydrogens (tertiary/aromatic N) is 1. The van der Waals surface area contributed by atoms with E-state index in [4.69, 9.17) is 0 Å². The van der Waals surface area contributed by atoms with Crippen molar-refractivity contribution in [2.75, 3.05) is 0 Å². The Morgan fingerprint density at radius 1 is 1.38 bits per heavy atom. The predicted octanol–water partition coefficient (Wildman–Crippen LogP) is 2.87. The highest BCUT2D eigenvalue weighted by molar-refractivity contribution is 8.06. The molecule has 0 aliphatic heterocycles. The van der Waals surface area contributed by atoms with E-state index in [1.807, 2.05) is 6.07 Å². The monoisotopic (exact) mass is 261 g/mol. The van der Waals surface area contributed by atoms with Gasteiger partial charge in [0.15, 0.2) is 0 Å². The van der Waals surface area contributed by atoms with Gasteiger partial charge in [-0.1, -0.05) is 31.7 Å². The van der Waals surface area contributed by atoms with Gasteiger partial charge in [0.1, 0.15) is 4.49 Å². The van der Waals surface area contributed by atoms with Crippen LogP contribution in [0.5, 0.6) is 0 Å². The van der Waals surface area contributed by atoms with Gasteiger partial charge in [0.2, 0.25) is 0 Å². The third-order valence-corrected chi connectivity index (χ3v) is 6.66. The Kier molecular flexibility index (Phi) is 4.56. The van der Waals surface area contributed by atoms with E-state index < -0.39 is 12.1 Å². The minimum absolute atomic E-state index is 0.412. The van der Waals surface area contributed by atoms with Gasteiger partial charge in [-0.25, -0.2) is 4.98 Å². The lowest BCUT2D eigenvalue weighted by Gasteiger charge is -2.30. The van der Waals surface area contributed by atoms with Crippen LogP contribution in [0.25, 0.3) is 0 Å². The molecular weight excluding hydrogens is 245 g/mol. The zero-order chi connectivity index (χ0) is 12.2. The Morgan fingerprint density at radius 2 is 2.00 bits per heavy atom. The van der Waals surface area contributed by atoms with E-state index in [1.54, 1.807) is 32.2 Å². The molecular formula is C10H16NO3PS. The molecule has 0 aliphatic carbocycles. The van der Waals surface area contributed by atoms with Gasteiger partial charge in [0.25, 0.3) is 0 Å². The molecule has 2 N–H and O–H groups in total. The number of hydrogen-bond acceptors (Lipinski definition) is 3. The highest BCUT2D eigenvalue weighted by Crippen LogP contribution is 2.62. The predicted molar refractivity (Wildman–Crippen MR) is 65.5 cm³/mol. The molecule has 0 aromatic carbocycles. The largest absolute Gasteiger partial charge is 0.341 e. The van der Waals surface area contributed by atoms with Crippen LogP contribution in [0.1, 0.15) is 26.7 Å². The average molecular weight is 261 g/mol. The van der Waals surface area contributed by atoms with Crippen LogP contribution in [0, 0.1) is 0 Å². The Morgan fingerprint density at radius 3 is 2.38 bits per heavy atom. The fourth-order valence-electron chi connectivity index (χ4n) is 1.47. The quantitative estimate of drug-likeness (QED) is 0.630. The first-order chi connectivity index (χ1) is 7.45. The maximum Gasteiger partial charge on any atom is 0.341 e. The topological polar surface area (TPSA) is 70.4 Å². The standard InChI is InChI=1S/C10H16NO3PS/c1-3-10(4-2,15(12,13)14)16-9-7-5-6-8-11-9/h5-8H,3-4H2,1-2H3,(H2,12,13,14). The van der Waals surface area contributed by atoms with Gasteiger partial charge < -0.3 is 9.79 Å². The van der Waals surface area contributed by atoms with E-state index in [9.17, 15) is 14.4 Å². The van der Waals surface area contributed by atoms with Gasteiger partial charge in [0, 0.05) is 6.20 Å². The van der Waals surface area contributed by atoms with E-state index in [0.29, 0.717) is 17.9 Å². The van der Waals surface area contributed by atoms with Gasteiger partial charge in [0.05, 0.1) is 5.03 Å². The number of pyridine rings is 1. The molecule has 0 bridgehead atoms. The lowest BCUT2D eigenvalue weighted by Crippen LogP contribution is -2.22. The molecule has 90 valence electrons. The lowest BCUT2D eigenvalue weighted by molar-refractivity contribution is 0.346. The molecule has 0 saturated carbocycles. The zero-order valence-electron chi connectivity index (χ0n) is 9.33. The van der Waals surface area contributed by atoms with E-state index in [-0.39, 0.29) is 0 Å². The van der Waals surface area contributed by atoms with Crippen LogP contribution in [-0.2, 0) is 4.57 Å². The first-order valence-electron chi connectivity index (χ1n) is 5.11. The van der Waals surface area contributed by atoms with E-state index in [0.717, 1.165) is 0 Å². The van der Waals surface area contributed by atoms with E-state index >= 15 is 0 Å². The van der Waals surface area contributed by atoms with Gasteiger partial charge >= 0.3 is 7.60 Å². The molecule has 1 aromatic heterocycles. The molecule has 0 spiro atoms. The summed E-state index contributed by atoms with van der Waals surface area (Å²) < 4.78 is 10.5. The molecule has 1 heterocycles. The van der Waals surface area contributed by atoms with Crippen molar-refractivity contribution in [1.82, 2.24) is 4.98 Å². The Hall–Kier alpha value is -0.350. The fourth-order valence-corrected chi connectivity index (χ4v) is 3.99. The second-order valence-corrected chi connectivity index (χ2v) is 7.12. The van der Waals surface area contributed by atoms with Crippen LogP contribution in [0.15, 0.2) is 29.4 Å². The number of rotatable bonds is 5. The zero-order valence-corrected chi connectivity index (χ0v) is 11.0. The van der Waals surface area contributed by atoms with Crippen LogP contribution >= 0.6 is 19.4 Å². The van der Waals surface area contributed by atoms with Gasteiger partial charge in [-0.2, -0.15) is 0 Å². The van der Waals surface area contributed by atoms with Crippen molar-refractivity contribution in [3.8, 4) is 0 Å². The number of hydrogen-bond donors (Lipinski definition) is 2. The summed E-state index contributed by atoms with van der Waals surface area (Å²) in [7, 11) is -4.15. The molecule has 0 saturated heterocycles. The smallest absolute Gasteiger partial charge is 0.323 e. The van der Waals surface area contributed by atoms with Crippen LogP contribution in [0.3, 0.4) is 0 Å². The molecule has 16 heavy (non-hydrogen) atoms. The number of aromatic nitrogens is 1. The van der Waals surface area contributed by atoms with E-state index in [2.05, 4.69) is 4.98 Å². The van der Waals surface area contributed by atoms with Crippen molar-refractivity contribution < 1.29 is 14.4 Å². The summed E-state index contributed by atoms with van der Waals surface area (Å²) in [5.41, 5.74) is 0. The maximum atomic E-state index is 11.6. The van der Waals surface area contributed by atoms with Crippen molar-refractivity contribution in [1.29, 1.82) is 0 Å². The second kappa shape index (κ2) is 5.32. The first-order valence-corrected chi connectivity index (χ1v) is 7.54. The van der Waals surface area contributed by atoms with Crippen LogP contribution in [-0.4, -0.2) is 19.3 Å². The SMILES string of the molecule is CCC(CC)(Sc1ccccn1)P(=O)(O)O. The van der Waals surface area contributed by atoms with Gasteiger partial charge in [-0.15, -0.1) is 0 Å². The third-order valence-electron chi connectivity index (χ3n) is 2.57.